The molecule has 1 aromatic heterocycles. The highest BCUT2D eigenvalue weighted by atomic mass is 33.1. The number of amides is 7. The summed E-state index contributed by atoms with van der Waals surface area (Å²) in [4.78, 5) is 112. The minimum Gasteiger partial charge on any atom is -0.475 e. The van der Waals surface area contributed by atoms with Crippen LogP contribution in [0.1, 0.15) is 49.8 Å². The molecule has 1 aliphatic heterocycles. The Labute approximate surface area is 455 Å². The fraction of sp³-hybridized carbons (Fsp3) is 0.451. The van der Waals surface area contributed by atoms with Crippen molar-refractivity contribution in [3.63, 3.8) is 0 Å². The summed E-state index contributed by atoms with van der Waals surface area (Å²) in [7, 11) is 2.06. The van der Waals surface area contributed by atoms with Crippen molar-refractivity contribution in [1.82, 2.24) is 42.2 Å². The molecule has 0 radical (unpaired) electrons. The van der Waals surface area contributed by atoms with Crippen molar-refractivity contribution < 1.29 is 72.0 Å². The number of unbranched alkanes of at least 4 members (excludes halogenated alkanes) is 1. The Morgan fingerprint density at radius 1 is 0.731 bits per heavy atom. The number of aromatic amines is 1. The van der Waals surface area contributed by atoms with Crippen LogP contribution in [0, 0.1) is 0 Å². The normalized spacial score (nSPS) is 21.8. The molecule has 0 aliphatic carbocycles. The standard InChI is InChI=1S/C49H66N10O10S2.C2HF3O2/c1-28(61)39(25-60)56-48(68)41-27-71-70-26-40(57-43(63)34(51)21-30-13-5-3-6-14-30)47(67)54-37(22-31-15-7-4-8-16-31)45(65)55-38(23-32-24-52-35-18-10-9-17-33(32)35)46(66)53-36(19-11-12-20-50)44(64)59-42(29(2)62)49(69)58-41;3-2(4,5)1(6)7/h3-10,13-18,24,28-29,34,36-42,52,60-62H,11-12,19-23,25-27,50-51H2,1-2H3,(H,53,66)(H,54,67)(H,55,65)(H,56,68)(H,57,63)(H,58,69)(H,59,64);(H,6,7)/t28-,29+,34-,36+,37+,38-,39-,40+,41+,42-;/m1./s1. The fourth-order valence-corrected chi connectivity index (χ4v) is 10.1. The van der Waals surface area contributed by atoms with Crippen molar-refractivity contribution in [2.45, 2.75) is 119 Å². The first-order chi connectivity index (χ1) is 37.0. The Balaban J connectivity index is 0.00000175. The third kappa shape index (κ3) is 20.6. The molecular weight excluding hydrogens is 1070 g/mol. The van der Waals surface area contributed by atoms with E-state index in [-0.39, 0.29) is 43.7 Å². The number of carbonyl (C=O) groups excluding carboxylic acids is 7. The zero-order chi connectivity index (χ0) is 57.5. The number of rotatable bonds is 17. The van der Waals surface area contributed by atoms with E-state index in [1.165, 1.54) is 13.8 Å². The van der Waals surface area contributed by atoms with Crippen LogP contribution in [-0.4, -0.2) is 164 Å². The summed E-state index contributed by atoms with van der Waals surface area (Å²) >= 11 is 0. The van der Waals surface area contributed by atoms with Gasteiger partial charge in [-0.25, -0.2) is 4.79 Å². The number of hydrogen-bond acceptors (Lipinski definition) is 15. The average molecular weight is 1130 g/mol. The van der Waals surface area contributed by atoms with Gasteiger partial charge in [-0.15, -0.1) is 0 Å². The summed E-state index contributed by atoms with van der Waals surface area (Å²) < 4.78 is 31.7. The molecule has 1 aliphatic rings. The molecule has 1 fully saturated rings. The van der Waals surface area contributed by atoms with Gasteiger partial charge in [0.25, 0.3) is 0 Å². The van der Waals surface area contributed by atoms with Gasteiger partial charge < -0.3 is 74.1 Å². The number of aliphatic hydroxyl groups excluding tert-OH is 3. The molecule has 4 aromatic rings. The summed E-state index contributed by atoms with van der Waals surface area (Å²) in [5.41, 5.74) is 15.0. The zero-order valence-corrected chi connectivity index (χ0v) is 44.3. The van der Waals surface area contributed by atoms with Gasteiger partial charge in [0.15, 0.2) is 0 Å². The Kier molecular flexibility index (Phi) is 25.8. The van der Waals surface area contributed by atoms with Crippen LogP contribution in [0.25, 0.3) is 10.9 Å². The number of benzene rings is 3. The summed E-state index contributed by atoms with van der Waals surface area (Å²) in [6, 6.07) is 14.6. The van der Waals surface area contributed by atoms with E-state index in [1.54, 1.807) is 60.8 Å². The maximum Gasteiger partial charge on any atom is 0.490 e. The number of nitrogens with two attached hydrogens (primary N) is 2. The van der Waals surface area contributed by atoms with Crippen LogP contribution in [0.3, 0.4) is 0 Å². The second kappa shape index (κ2) is 31.6. The zero-order valence-electron chi connectivity index (χ0n) is 42.7. The minimum atomic E-state index is -5.08. The second-order valence-corrected chi connectivity index (χ2v) is 20.8. The van der Waals surface area contributed by atoms with E-state index in [0.717, 1.165) is 38.1 Å². The highest BCUT2D eigenvalue weighted by molar-refractivity contribution is 8.76. The average Bonchev–Trinajstić information content (AvgIpc) is 3.82. The van der Waals surface area contributed by atoms with Crippen LogP contribution in [0.2, 0.25) is 0 Å². The lowest BCUT2D eigenvalue weighted by atomic mass is 10.0. The highest BCUT2D eigenvalue weighted by Crippen LogP contribution is 2.24. The molecule has 78 heavy (non-hydrogen) atoms. The number of nitrogens with one attached hydrogen (secondary N) is 8. The molecule has 3 aromatic carbocycles. The number of alkyl halides is 3. The van der Waals surface area contributed by atoms with Crippen LogP contribution in [-0.2, 0) is 57.6 Å². The van der Waals surface area contributed by atoms with Crippen LogP contribution in [0.4, 0.5) is 13.2 Å². The van der Waals surface area contributed by atoms with Gasteiger partial charge in [-0.2, -0.15) is 13.2 Å². The molecular formula is C51H67F3N10O12S2. The Morgan fingerprint density at radius 3 is 1.87 bits per heavy atom. The van der Waals surface area contributed by atoms with Crippen molar-refractivity contribution in [3.05, 3.63) is 108 Å². The summed E-state index contributed by atoms with van der Waals surface area (Å²) in [6.07, 6.45) is -5.24. The van der Waals surface area contributed by atoms with E-state index in [1.807, 2.05) is 30.3 Å². The van der Waals surface area contributed by atoms with E-state index in [4.69, 9.17) is 21.4 Å². The number of carbonyl (C=O) groups is 8. The van der Waals surface area contributed by atoms with Gasteiger partial charge in [-0.3, -0.25) is 33.6 Å². The smallest absolute Gasteiger partial charge is 0.475 e. The molecule has 426 valence electrons. The lowest BCUT2D eigenvalue weighted by molar-refractivity contribution is -0.192. The fourth-order valence-electron chi connectivity index (χ4n) is 7.73. The Morgan fingerprint density at radius 2 is 1.28 bits per heavy atom. The van der Waals surface area contributed by atoms with Gasteiger partial charge in [0.2, 0.25) is 41.4 Å². The quantitative estimate of drug-likeness (QED) is 0.0482. The van der Waals surface area contributed by atoms with Gasteiger partial charge in [0.1, 0.15) is 36.3 Å². The first kappa shape index (κ1) is 63.8. The third-order valence-electron chi connectivity index (χ3n) is 12.1. The summed E-state index contributed by atoms with van der Waals surface area (Å²) in [5.74, 6) is -8.77. The number of carboxylic acids is 1. The number of halogens is 3. The maximum atomic E-state index is 14.7. The van der Waals surface area contributed by atoms with Crippen molar-refractivity contribution >= 4 is 79.8 Å². The minimum absolute atomic E-state index is 0.0340. The van der Waals surface area contributed by atoms with Crippen molar-refractivity contribution in [1.29, 1.82) is 0 Å². The molecule has 2 heterocycles. The summed E-state index contributed by atoms with van der Waals surface area (Å²) in [6.45, 7) is 2.23. The number of para-hydroxylation sites is 1. The molecule has 22 nitrogen and oxygen atoms in total. The predicted octanol–water partition coefficient (Wildman–Crippen LogP) is -0.172. The van der Waals surface area contributed by atoms with Crippen LogP contribution in [0.5, 0.6) is 0 Å². The molecule has 5 rings (SSSR count). The largest absolute Gasteiger partial charge is 0.490 e. The number of hydrogen-bond donors (Lipinski definition) is 14. The van der Waals surface area contributed by atoms with Crippen molar-refractivity contribution in [3.8, 4) is 0 Å². The number of H-pyrrole nitrogens is 1. The van der Waals surface area contributed by atoms with Gasteiger partial charge >= 0.3 is 12.1 Å². The SMILES string of the molecule is C[C@H](O)[C@H]1NC(=O)[C@H](CCCCN)NC(=O)[C@@H](Cc2c[nH]c3ccccc23)NC(=O)[C@H](Cc2ccccc2)NC(=O)[C@@H](NC(=O)[C@H](N)Cc2ccccc2)CSSC[C@@H](C(=O)N[C@H](CO)[C@@H](C)O)NC1=O.O=C(O)C(F)(F)F. The maximum absolute atomic E-state index is 14.7. The second-order valence-electron chi connectivity index (χ2n) is 18.3. The van der Waals surface area contributed by atoms with Crippen molar-refractivity contribution in [2.24, 2.45) is 11.5 Å². The van der Waals surface area contributed by atoms with E-state index in [9.17, 15) is 62.1 Å². The lowest BCUT2D eigenvalue weighted by Crippen LogP contribution is -2.62. The molecule has 10 atom stereocenters. The molecule has 0 spiro atoms. The Bertz CT molecular complexity index is 2620. The van der Waals surface area contributed by atoms with Gasteiger partial charge in [-0.1, -0.05) is 100 Å². The van der Waals surface area contributed by atoms with Gasteiger partial charge in [0.05, 0.1) is 30.9 Å². The molecule has 1 saturated heterocycles. The summed E-state index contributed by atoms with van der Waals surface area (Å²) in [5, 5.41) is 57.6. The van der Waals surface area contributed by atoms with E-state index in [2.05, 4.69) is 42.2 Å². The molecule has 0 bridgehead atoms. The van der Waals surface area contributed by atoms with Gasteiger partial charge in [0, 0.05) is 41.4 Å². The Hall–Kier alpha value is -6.75. The number of fused-ring (bicyclic) bond motifs is 1. The van der Waals surface area contributed by atoms with Crippen LogP contribution < -0.4 is 48.7 Å². The third-order valence-corrected chi connectivity index (χ3v) is 14.5. The first-order valence-electron chi connectivity index (χ1n) is 24.7. The number of aliphatic hydroxyl groups is 3. The highest BCUT2D eigenvalue weighted by Gasteiger charge is 2.39. The molecule has 7 amide bonds. The number of aliphatic carboxylic acids is 1. The topological polar surface area (TPSA) is 370 Å². The van der Waals surface area contributed by atoms with Crippen LogP contribution in [0.15, 0.2) is 91.1 Å². The van der Waals surface area contributed by atoms with E-state index < -0.39 is 121 Å². The molecule has 0 unspecified atom stereocenters. The molecule has 27 heteroatoms. The predicted molar refractivity (Wildman–Crippen MR) is 286 cm³/mol. The van der Waals surface area contributed by atoms with Gasteiger partial charge in [-0.05, 0) is 68.8 Å². The molecule has 16 N–H and O–H groups in total. The monoisotopic (exact) mass is 1130 g/mol. The van der Waals surface area contributed by atoms with E-state index in [0.29, 0.717) is 24.0 Å². The molecule has 0 saturated carbocycles. The first-order valence-corrected chi connectivity index (χ1v) is 27.2. The lowest BCUT2D eigenvalue weighted by Gasteiger charge is -2.29. The van der Waals surface area contributed by atoms with Crippen LogP contribution >= 0.6 is 21.6 Å². The van der Waals surface area contributed by atoms with Crippen molar-refractivity contribution in [2.75, 3.05) is 24.7 Å². The van der Waals surface area contributed by atoms with E-state index >= 15 is 0 Å². The number of aromatic nitrogens is 1. The number of carboxylic acid groups (broad SMARTS) is 1.